The second-order valence-corrected chi connectivity index (χ2v) is 9.06. The summed E-state index contributed by atoms with van der Waals surface area (Å²) < 4.78 is 50.7. The van der Waals surface area contributed by atoms with Gasteiger partial charge in [-0.2, -0.15) is 13.7 Å². The predicted octanol–water partition coefficient (Wildman–Crippen LogP) is 4.77. The number of hydrogen-bond donors (Lipinski definition) is 1. The molecule has 0 spiro atoms. The van der Waals surface area contributed by atoms with Crippen molar-refractivity contribution in [1.82, 2.24) is 0 Å². The Kier molecular flexibility index (Phi) is 5.55. The van der Waals surface area contributed by atoms with Crippen LogP contribution in [0.3, 0.4) is 0 Å². The number of rotatable bonds is 4. The molecular weight excluding hydrogens is 455 g/mol. The van der Waals surface area contributed by atoms with Crippen molar-refractivity contribution in [3.63, 3.8) is 0 Å². The fourth-order valence-corrected chi connectivity index (χ4v) is 4.65. The molecule has 0 radical (unpaired) electrons. The standard InChI is InChI=1S/C23H16ClFN2O4S/c1-13-5-8-15(9-6-13)32(28,29)31-14-7-10-16-20(11-14)30-23(27)17(12-26)21(16)22-18(24)3-2-4-19(22)25/h2-11,21H,27H2,1H3. The first-order valence-electron chi connectivity index (χ1n) is 9.38. The molecule has 2 N–H and O–H groups in total. The lowest BCUT2D eigenvalue weighted by Crippen LogP contribution is -2.22. The third kappa shape index (κ3) is 3.88. The van der Waals surface area contributed by atoms with E-state index in [4.69, 9.17) is 26.3 Å². The maximum atomic E-state index is 14.7. The van der Waals surface area contributed by atoms with Gasteiger partial charge in [0, 0.05) is 22.2 Å². The van der Waals surface area contributed by atoms with Crippen LogP contribution in [0.4, 0.5) is 4.39 Å². The topological polar surface area (TPSA) is 102 Å². The lowest BCUT2D eigenvalue weighted by Gasteiger charge is -2.27. The zero-order chi connectivity index (χ0) is 23.0. The second-order valence-electron chi connectivity index (χ2n) is 7.11. The van der Waals surface area contributed by atoms with Gasteiger partial charge in [0.05, 0.1) is 5.92 Å². The average Bonchev–Trinajstić information content (AvgIpc) is 2.73. The monoisotopic (exact) mass is 470 g/mol. The molecule has 0 aliphatic carbocycles. The number of aryl methyl sites for hydroxylation is 1. The van der Waals surface area contributed by atoms with Crippen LogP contribution in [0.25, 0.3) is 0 Å². The van der Waals surface area contributed by atoms with Crippen LogP contribution in [-0.4, -0.2) is 8.42 Å². The summed E-state index contributed by atoms with van der Waals surface area (Å²) in [5.74, 6) is -1.68. The molecule has 0 aromatic heterocycles. The van der Waals surface area contributed by atoms with E-state index in [0.717, 1.165) is 5.56 Å². The molecule has 4 rings (SSSR count). The number of nitrogens with two attached hydrogens (primary N) is 1. The maximum absolute atomic E-state index is 14.7. The number of benzene rings is 3. The van der Waals surface area contributed by atoms with Gasteiger partial charge in [-0.3, -0.25) is 0 Å². The van der Waals surface area contributed by atoms with Gasteiger partial charge >= 0.3 is 10.1 Å². The molecule has 32 heavy (non-hydrogen) atoms. The molecule has 0 amide bonds. The van der Waals surface area contributed by atoms with Crippen LogP contribution in [0, 0.1) is 24.1 Å². The molecule has 0 saturated heterocycles. The summed E-state index contributed by atoms with van der Waals surface area (Å²) in [5, 5.41) is 9.73. The SMILES string of the molecule is Cc1ccc(S(=O)(=O)Oc2ccc3c(c2)OC(N)=C(C#N)C3c2c(F)cccc2Cl)cc1. The van der Waals surface area contributed by atoms with Crippen molar-refractivity contribution in [2.75, 3.05) is 0 Å². The highest BCUT2D eigenvalue weighted by Crippen LogP contribution is 2.46. The highest BCUT2D eigenvalue weighted by Gasteiger charge is 2.34. The molecule has 0 fully saturated rings. The maximum Gasteiger partial charge on any atom is 0.339 e. The fourth-order valence-electron chi connectivity index (χ4n) is 3.45. The molecule has 1 atom stereocenters. The second kappa shape index (κ2) is 8.19. The smallest absolute Gasteiger partial charge is 0.339 e. The molecule has 1 aliphatic rings. The summed E-state index contributed by atoms with van der Waals surface area (Å²) in [4.78, 5) is -0.0102. The van der Waals surface area contributed by atoms with Gasteiger partial charge < -0.3 is 14.7 Å². The van der Waals surface area contributed by atoms with Gasteiger partial charge in [-0.1, -0.05) is 41.4 Å². The molecule has 3 aromatic rings. The fraction of sp³-hybridized carbons (Fsp3) is 0.0870. The Morgan fingerprint density at radius 3 is 2.53 bits per heavy atom. The van der Waals surface area contributed by atoms with Crippen LogP contribution in [0.15, 0.2) is 77.0 Å². The highest BCUT2D eigenvalue weighted by molar-refractivity contribution is 7.87. The predicted molar refractivity (Wildman–Crippen MR) is 116 cm³/mol. The lowest BCUT2D eigenvalue weighted by molar-refractivity contribution is 0.390. The summed E-state index contributed by atoms with van der Waals surface area (Å²) in [6.07, 6.45) is 0. The number of ether oxygens (including phenoxy) is 1. The van der Waals surface area contributed by atoms with Crippen molar-refractivity contribution >= 4 is 21.7 Å². The van der Waals surface area contributed by atoms with Gasteiger partial charge in [0.25, 0.3) is 0 Å². The zero-order valence-corrected chi connectivity index (χ0v) is 18.2. The van der Waals surface area contributed by atoms with E-state index in [9.17, 15) is 18.1 Å². The third-order valence-electron chi connectivity index (χ3n) is 4.99. The summed E-state index contributed by atoms with van der Waals surface area (Å²) in [5.41, 5.74) is 7.28. The van der Waals surface area contributed by atoms with Gasteiger partial charge in [0.2, 0.25) is 5.88 Å². The van der Waals surface area contributed by atoms with Crippen molar-refractivity contribution in [2.24, 2.45) is 5.73 Å². The Labute approximate surface area is 189 Å². The van der Waals surface area contributed by atoms with Crippen molar-refractivity contribution in [3.8, 4) is 17.6 Å². The first-order valence-corrected chi connectivity index (χ1v) is 11.2. The molecule has 1 unspecified atom stereocenters. The van der Waals surface area contributed by atoms with Gasteiger partial charge in [-0.25, -0.2) is 4.39 Å². The minimum Gasteiger partial charge on any atom is -0.440 e. The molecule has 3 aromatic carbocycles. The van der Waals surface area contributed by atoms with Crippen LogP contribution in [0.2, 0.25) is 5.02 Å². The van der Waals surface area contributed by atoms with Gasteiger partial charge in [0.1, 0.15) is 33.9 Å². The number of allylic oxidation sites excluding steroid dienone is 1. The van der Waals surface area contributed by atoms with E-state index in [1.807, 2.05) is 13.0 Å². The van der Waals surface area contributed by atoms with E-state index in [-0.39, 0.29) is 38.4 Å². The van der Waals surface area contributed by atoms with Crippen LogP contribution in [-0.2, 0) is 10.1 Å². The molecule has 6 nitrogen and oxygen atoms in total. The van der Waals surface area contributed by atoms with Crippen molar-refractivity contribution in [3.05, 3.63) is 99.7 Å². The van der Waals surface area contributed by atoms with Crippen LogP contribution in [0.1, 0.15) is 22.6 Å². The molecule has 0 bridgehead atoms. The summed E-state index contributed by atoms with van der Waals surface area (Å²) in [6.45, 7) is 1.84. The Balaban J connectivity index is 1.77. The van der Waals surface area contributed by atoms with Crippen molar-refractivity contribution in [2.45, 2.75) is 17.7 Å². The lowest BCUT2D eigenvalue weighted by atomic mass is 9.83. The summed E-state index contributed by atoms with van der Waals surface area (Å²) >= 11 is 6.24. The highest BCUT2D eigenvalue weighted by atomic mass is 35.5. The van der Waals surface area contributed by atoms with Gasteiger partial charge in [0.15, 0.2) is 0 Å². The molecule has 0 saturated carbocycles. The Morgan fingerprint density at radius 1 is 1.16 bits per heavy atom. The van der Waals surface area contributed by atoms with E-state index >= 15 is 0 Å². The van der Waals surface area contributed by atoms with E-state index in [0.29, 0.717) is 5.56 Å². The Hall–Kier alpha value is -3.54. The van der Waals surface area contributed by atoms with Gasteiger partial charge in [-0.15, -0.1) is 0 Å². The normalized spacial score (nSPS) is 15.5. The number of fused-ring (bicyclic) bond motifs is 1. The average molecular weight is 471 g/mol. The number of hydrogen-bond acceptors (Lipinski definition) is 6. The summed E-state index contributed by atoms with van der Waals surface area (Å²) in [7, 11) is -4.10. The number of nitrogens with zero attached hydrogens (tertiary/aromatic N) is 1. The van der Waals surface area contributed by atoms with Crippen LogP contribution < -0.4 is 14.7 Å². The summed E-state index contributed by atoms with van der Waals surface area (Å²) in [6, 6.07) is 16.5. The van der Waals surface area contributed by atoms with Crippen LogP contribution >= 0.6 is 11.6 Å². The van der Waals surface area contributed by atoms with Crippen molar-refractivity contribution in [1.29, 1.82) is 5.26 Å². The van der Waals surface area contributed by atoms with Crippen LogP contribution in [0.5, 0.6) is 11.5 Å². The number of halogens is 2. The Morgan fingerprint density at radius 2 is 1.88 bits per heavy atom. The minimum absolute atomic E-state index is 0.00885. The quantitative estimate of drug-likeness (QED) is 0.551. The van der Waals surface area contributed by atoms with Crippen molar-refractivity contribution < 1.29 is 21.7 Å². The van der Waals surface area contributed by atoms with E-state index in [1.165, 1.54) is 48.5 Å². The van der Waals surface area contributed by atoms with E-state index in [1.54, 1.807) is 12.1 Å². The molecule has 162 valence electrons. The van der Waals surface area contributed by atoms with E-state index < -0.39 is 21.9 Å². The largest absolute Gasteiger partial charge is 0.440 e. The van der Waals surface area contributed by atoms with Gasteiger partial charge in [-0.05, 0) is 37.3 Å². The first-order chi connectivity index (χ1) is 15.2. The Bertz CT molecular complexity index is 1380. The number of nitriles is 1. The van der Waals surface area contributed by atoms with E-state index in [2.05, 4.69) is 0 Å². The minimum atomic E-state index is -4.10. The molecule has 1 heterocycles. The first kappa shape index (κ1) is 21.7. The molecule has 1 aliphatic heterocycles. The molecule has 9 heteroatoms. The zero-order valence-electron chi connectivity index (χ0n) is 16.7. The molecular formula is C23H16ClFN2O4S. The third-order valence-corrected chi connectivity index (χ3v) is 6.59.